The normalized spacial score (nSPS) is 14.7. The maximum Gasteiger partial charge on any atom is 0.417 e. The molecule has 1 aliphatic heterocycles. The van der Waals surface area contributed by atoms with Crippen molar-refractivity contribution in [2.45, 2.75) is 45.5 Å². The molecule has 0 saturated carbocycles. The third-order valence-electron chi connectivity index (χ3n) is 4.44. The van der Waals surface area contributed by atoms with E-state index in [0.717, 1.165) is 17.2 Å². The number of ether oxygens (including phenoxy) is 1. The molecule has 2 aromatic rings. The number of carbonyl (C=O) groups excluding carboxylic acids is 1. The molecular weight excluding hydrogens is 355 g/mol. The van der Waals surface area contributed by atoms with Crippen molar-refractivity contribution < 1.29 is 22.7 Å². The molecule has 3 nitrogen and oxygen atoms in total. The van der Waals surface area contributed by atoms with Crippen molar-refractivity contribution >= 4 is 6.09 Å². The second-order valence-corrected chi connectivity index (χ2v) is 7.64. The molecule has 0 aliphatic carbocycles. The Morgan fingerprint density at radius 3 is 2.33 bits per heavy atom. The average molecular weight is 377 g/mol. The Kier molecular flexibility index (Phi) is 4.93. The first-order chi connectivity index (χ1) is 12.6. The maximum absolute atomic E-state index is 13.4. The Morgan fingerprint density at radius 2 is 1.67 bits per heavy atom. The van der Waals surface area contributed by atoms with Gasteiger partial charge in [0, 0.05) is 13.1 Å². The minimum Gasteiger partial charge on any atom is -0.444 e. The molecule has 3 rings (SSSR count). The predicted molar refractivity (Wildman–Crippen MR) is 97.2 cm³/mol. The molecule has 1 aliphatic rings. The Hall–Kier alpha value is -2.50. The van der Waals surface area contributed by atoms with Gasteiger partial charge in [0.1, 0.15) is 5.60 Å². The Balaban J connectivity index is 1.95. The van der Waals surface area contributed by atoms with E-state index < -0.39 is 23.4 Å². The first kappa shape index (κ1) is 19.3. The molecule has 6 heteroatoms. The summed E-state index contributed by atoms with van der Waals surface area (Å²) in [5, 5.41) is 0. The summed E-state index contributed by atoms with van der Waals surface area (Å²) in [4.78, 5) is 13.9. The van der Waals surface area contributed by atoms with E-state index in [1.54, 1.807) is 43.9 Å². The Labute approximate surface area is 156 Å². The van der Waals surface area contributed by atoms with Crippen LogP contribution in [0, 0.1) is 0 Å². The number of halogens is 3. The summed E-state index contributed by atoms with van der Waals surface area (Å²) in [6.07, 6.45) is -4.35. The van der Waals surface area contributed by atoms with Crippen LogP contribution in [0.3, 0.4) is 0 Å². The van der Waals surface area contributed by atoms with Crippen LogP contribution in [0.2, 0.25) is 0 Å². The van der Waals surface area contributed by atoms with Crippen LogP contribution in [0.1, 0.15) is 37.5 Å². The fraction of sp³-hybridized carbons (Fsp3) is 0.381. The Morgan fingerprint density at radius 1 is 1.00 bits per heavy atom. The number of carbonyl (C=O) groups is 1. The second kappa shape index (κ2) is 6.91. The van der Waals surface area contributed by atoms with Gasteiger partial charge in [-0.25, -0.2) is 4.79 Å². The highest BCUT2D eigenvalue weighted by Crippen LogP contribution is 2.39. The highest BCUT2D eigenvalue weighted by atomic mass is 19.4. The lowest BCUT2D eigenvalue weighted by Gasteiger charge is -2.32. The third kappa shape index (κ3) is 4.26. The highest BCUT2D eigenvalue weighted by Gasteiger charge is 2.34. The SMILES string of the molecule is CC(C)(C)OC(=O)N1CCc2c(cccc2-c2ccccc2C(F)(F)F)C1. The fourth-order valence-electron chi connectivity index (χ4n) is 3.31. The van der Waals surface area contributed by atoms with E-state index in [1.165, 1.54) is 12.1 Å². The van der Waals surface area contributed by atoms with Crippen LogP contribution in [0.4, 0.5) is 18.0 Å². The number of hydrogen-bond acceptors (Lipinski definition) is 2. The van der Waals surface area contributed by atoms with Gasteiger partial charge in [0.2, 0.25) is 0 Å². The molecule has 0 fully saturated rings. The lowest BCUT2D eigenvalue weighted by atomic mass is 9.88. The van der Waals surface area contributed by atoms with Crippen LogP contribution in [0.15, 0.2) is 42.5 Å². The monoisotopic (exact) mass is 377 g/mol. The van der Waals surface area contributed by atoms with E-state index in [-0.39, 0.29) is 5.56 Å². The number of nitrogens with zero attached hydrogens (tertiary/aromatic N) is 1. The lowest BCUT2D eigenvalue weighted by molar-refractivity contribution is -0.137. The number of alkyl halides is 3. The molecule has 0 aromatic heterocycles. The zero-order valence-corrected chi connectivity index (χ0v) is 15.6. The topological polar surface area (TPSA) is 29.5 Å². The van der Waals surface area contributed by atoms with Gasteiger partial charge in [-0.2, -0.15) is 13.2 Å². The minimum absolute atomic E-state index is 0.174. The van der Waals surface area contributed by atoms with E-state index >= 15 is 0 Å². The molecule has 1 heterocycles. The van der Waals surface area contributed by atoms with Crippen LogP contribution in [0.25, 0.3) is 11.1 Å². The van der Waals surface area contributed by atoms with E-state index in [2.05, 4.69) is 0 Å². The lowest BCUT2D eigenvalue weighted by Crippen LogP contribution is -2.40. The zero-order valence-electron chi connectivity index (χ0n) is 15.6. The van der Waals surface area contributed by atoms with E-state index in [0.29, 0.717) is 25.1 Å². The Bertz CT molecular complexity index is 853. The van der Waals surface area contributed by atoms with Gasteiger partial charge >= 0.3 is 12.3 Å². The molecule has 0 atom stereocenters. The zero-order chi connectivity index (χ0) is 19.8. The summed E-state index contributed by atoms with van der Waals surface area (Å²) in [7, 11) is 0. The molecule has 2 aromatic carbocycles. The molecule has 27 heavy (non-hydrogen) atoms. The van der Waals surface area contributed by atoms with Gasteiger partial charge in [0.15, 0.2) is 0 Å². The minimum atomic E-state index is -4.42. The van der Waals surface area contributed by atoms with Gasteiger partial charge in [-0.15, -0.1) is 0 Å². The van der Waals surface area contributed by atoms with Gasteiger partial charge in [-0.1, -0.05) is 36.4 Å². The van der Waals surface area contributed by atoms with Crippen molar-refractivity contribution in [2.75, 3.05) is 6.54 Å². The number of rotatable bonds is 1. The van der Waals surface area contributed by atoms with Gasteiger partial charge in [-0.3, -0.25) is 0 Å². The number of benzene rings is 2. The third-order valence-corrected chi connectivity index (χ3v) is 4.44. The van der Waals surface area contributed by atoms with Crippen LogP contribution in [-0.2, 0) is 23.9 Å². The van der Waals surface area contributed by atoms with Crippen molar-refractivity contribution in [3.63, 3.8) is 0 Å². The summed E-state index contributed by atoms with van der Waals surface area (Å²) in [5.74, 6) is 0. The fourth-order valence-corrected chi connectivity index (χ4v) is 3.31. The van der Waals surface area contributed by atoms with Gasteiger partial charge in [-0.05, 0) is 55.5 Å². The van der Waals surface area contributed by atoms with E-state index in [9.17, 15) is 18.0 Å². The van der Waals surface area contributed by atoms with Crippen molar-refractivity contribution in [3.05, 3.63) is 59.2 Å². The summed E-state index contributed by atoms with van der Waals surface area (Å²) in [6.45, 7) is 6.14. The van der Waals surface area contributed by atoms with Gasteiger partial charge < -0.3 is 9.64 Å². The standard InChI is InChI=1S/C21H22F3NO2/c1-20(2,3)27-19(26)25-12-11-15-14(13-25)7-6-9-16(15)17-8-4-5-10-18(17)21(22,23)24/h4-10H,11-13H2,1-3H3. The maximum atomic E-state index is 13.4. The van der Waals surface area contributed by atoms with Crippen LogP contribution in [0.5, 0.6) is 0 Å². The van der Waals surface area contributed by atoms with E-state index in [4.69, 9.17) is 4.74 Å². The number of amides is 1. The summed E-state index contributed by atoms with van der Waals surface area (Å²) < 4.78 is 45.7. The van der Waals surface area contributed by atoms with Crippen LogP contribution >= 0.6 is 0 Å². The molecule has 0 radical (unpaired) electrons. The van der Waals surface area contributed by atoms with Gasteiger partial charge in [0.05, 0.1) is 5.56 Å². The molecule has 144 valence electrons. The largest absolute Gasteiger partial charge is 0.444 e. The van der Waals surface area contributed by atoms with Crippen molar-refractivity contribution in [1.82, 2.24) is 4.90 Å². The van der Waals surface area contributed by atoms with Crippen molar-refractivity contribution in [2.24, 2.45) is 0 Å². The first-order valence-electron chi connectivity index (χ1n) is 8.81. The molecule has 0 spiro atoms. The van der Waals surface area contributed by atoms with Gasteiger partial charge in [0.25, 0.3) is 0 Å². The smallest absolute Gasteiger partial charge is 0.417 e. The van der Waals surface area contributed by atoms with Crippen LogP contribution in [-0.4, -0.2) is 23.1 Å². The number of fused-ring (bicyclic) bond motifs is 1. The first-order valence-corrected chi connectivity index (χ1v) is 8.81. The molecule has 0 N–H and O–H groups in total. The van der Waals surface area contributed by atoms with Crippen molar-refractivity contribution in [3.8, 4) is 11.1 Å². The van der Waals surface area contributed by atoms with E-state index in [1.807, 2.05) is 6.07 Å². The molecular formula is C21H22F3NO2. The summed E-state index contributed by atoms with van der Waals surface area (Å²) in [5.41, 5.74) is 1.21. The summed E-state index contributed by atoms with van der Waals surface area (Å²) in [6, 6.07) is 10.9. The molecule has 0 unspecified atom stereocenters. The number of hydrogen-bond donors (Lipinski definition) is 0. The van der Waals surface area contributed by atoms with Crippen molar-refractivity contribution in [1.29, 1.82) is 0 Å². The molecule has 0 saturated heterocycles. The average Bonchev–Trinajstić information content (AvgIpc) is 2.58. The molecule has 1 amide bonds. The second-order valence-electron chi connectivity index (χ2n) is 7.64. The van der Waals surface area contributed by atoms with Crippen LogP contribution < -0.4 is 0 Å². The highest BCUT2D eigenvalue weighted by molar-refractivity contribution is 5.74. The predicted octanol–water partition coefficient (Wildman–Crippen LogP) is 5.67. The quantitative estimate of drug-likeness (QED) is 0.641. The summed E-state index contributed by atoms with van der Waals surface area (Å²) >= 11 is 0. The molecule has 0 bridgehead atoms.